The number of hydrogen-bond acceptors (Lipinski definition) is 6. The summed E-state index contributed by atoms with van der Waals surface area (Å²) in [5.74, 6) is 0.217. The van der Waals surface area contributed by atoms with Gasteiger partial charge in [-0.1, -0.05) is 42.5 Å². The number of aliphatic carboxylic acids is 2. The van der Waals surface area contributed by atoms with Crippen molar-refractivity contribution in [2.24, 2.45) is 0 Å². The molecule has 0 radical (unpaired) electrons. The van der Waals surface area contributed by atoms with Crippen molar-refractivity contribution in [3.8, 4) is 11.5 Å². The first kappa shape index (κ1) is 28.3. The maximum atomic E-state index is 10.8. The highest BCUT2D eigenvalue weighted by Gasteiger charge is 2.17. The Morgan fingerprint density at radius 3 is 2.03 bits per heavy atom. The lowest BCUT2D eigenvalue weighted by Crippen LogP contribution is -2.22. The molecule has 2 aromatic rings. The Morgan fingerprint density at radius 2 is 1.43 bits per heavy atom. The maximum Gasteiger partial charge on any atom is 0.304 e. The van der Waals surface area contributed by atoms with Gasteiger partial charge in [0.2, 0.25) is 0 Å². The second kappa shape index (κ2) is 16.6. The fraction of sp³-hybridized carbons (Fsp3) is 0.407. The molecule has 0 fully saturated rings. The van der Waals surface area contributed by atoms with Gasteiger partial charge in [0, 0.05) is 17.4 Å². The molecule has 0 bridgehead atoms. The van der Waals surface area contributed by atoms with E-state index < -0.39 is 18.0 Å². The Labute approximate surface area is 210 Å². The monoisotopic (exact) mass is 502 g/mol. The Morgan fingerprint density at radius 1 is 0.829 bits per heavy atom. The minimum atomic E-state index is -0.898. The minimum absolute atomic E-state index is 0.00126. The summed E-state index contributed by atoms with van der Waals surface area (Å²) in [6, 6.07) is 17.3. The van der Waals surface area contributed by atoms with E-state index in [4.69, 9.17) is 19.7 Å². The van der Waals surface area contributed by atoms with Crippen molar-refractivity contribution in [2.75, 3.05) is 19.0 Å². The lowest BCUT2D eigenvalue weighted by atomic mass is 10.1. The molecule has 8 heteroatoms. The third-order valence-electron chi connectivity index (χ3n) is 5.07. The summed E-state index contributed by atoms with van der Waals surface area (Å²) in [7, 11) is 0. The molecule has 7 nitrogen and oxygen atoms in total. The number of unbranched alkanes of at least 4 members (excludes halogenated alkanes) is 1. The van der Waals surface area contributed by atoms with Crippen LogP contribution in [0.3, 0.4) is 0 Å². The molecule has 0 aromatic heterocycles. The number of hydrogen-bond donors (Lipinski definition) is 3. The van der Waals surface area contributed by atoms with E-state index in [2.05, 4.69) is 0 Å². The molecule has 0 saturated carbocycles. The number of carboxylic acid groups (broad SMARTS) is 2. The third-order valence-corrected chi connectivity index (χ3v) is 6.37. The van der Waals surface area contributed by atoms with Crippen LogP contribution in [0.2, 0.25) is 0 Å². The molecule has 0 saturated heterocycles. The van der Waals surface area contributed by atoms with E-state index >= 15 is 0 Å². The van der Waals surface area contributed by atoms with Crippen LogP contribution in [0.1, 0.15) is 44.1 Å². The van der Waals surface area contributed by atoms with Crippen LogP contribution in [0.15, 0.2) is 60.7 Å². The summed E-state index contributed by atoms with van der Waals surface area (Å²) in [5, 5.41) is 27.8. The number of aliphatic hydroxyl groups excluding tert-OH is 1. The van der Waals surface area contributed by atoms with E-state index in [0.717, 1.165) is 29.9 Å². The molecular formula is C27H34O7S. The van der Waals surface area contributed by atoms with Crippen LogP contribution in [0.5, 0.6) is 11.5 Å². The topological polar surface area (TPSA) is 113 Å². The highest BCUT2D eigenvalue weighted by molar-refractivity contribution is 8.00. The van der Waals surface area contributed by atoms with Crippen LogP contribution in [0, 0.1) is 0 Å². The smallest absolute Gasteiger partial charge is 0.304 e. The molecular weight excluding hydrogens is 468 g/mol. The zero-order valence-electron chi connectivity index (χ0n) is 19.8. The van der Waals surface area contributed by atoms with E-state index in [-0.39, 0.29) is 18.1 Å². The van der Waals surface area contributed by atoms with Crippen LogP contribution in [-0.2, 0) is 9.59 Å². The predicted octanol–water partition coefficient (Wildman–Crippen LogP) is 5.13. The van der Waals surface area contributed by atoms with Crippen molar-refractivity contribution >= 4 is 29.8 Å². The Bertz CT molecular complexity index is 900. The van der Waals surface area contributed by atoms with Crippen LogP contribution in [-0.4, -0.2) is 57.6 Å². The summed E-state index contributed by atoms with van der Waals surface area (Å²) >= 11 is 1.36. The van der Waals surface area contributed by atoms with Crippen molar-refractivity contribution in [2.45, 2.75) is 49.9 Å². The van der Waals surface area contributed by atoms with E-state index in [9.17, 15) is 14.7 Å². The molecule has 0 amide bonds. The SMILES string of the molecule is O=C(O)CCC[C@H](O)[C@@H](/C=C\c1ccc(OCCCCOc2ccccc2)cc1)SCCC(=O)O. The fourth-order valence-corrected chi connectivity index (χ4v) is 4.30. The lowest BCUT2D eigenvalue weighted by Gasteiger charge is -2.19. The van der Waals surface area contributed by atoms with E-state index in [0.29, 0.717) is 31.8 Å². The molecule has 2 rings (SSSR count). The van der Waals surface area contributed by atoms with Gasteiger partial charge < -0.3 is 24.8 Å². The zero-order valence-corrected chi connectivity index (χ0v) is 20.6. The van der Waals surface area contributed by atoms with E-state index in [1.807, 2.05) is 66.7 Å². The van der Waals surface area contributed by atoms with E-state index in [1.54, 1.807) is 0 Å². The second-order valence-corrected chi connectivity index (χ2v) is 9.26. The van der Waals surface area contributed by atoms with Gasteiger partial charge in [0.15, 0.2) is 0 Å². The third kappa shape index (κ3) is 12.9. The molecule has 0 aliphatic carbocycles. The largest absolute Gasteiger partial charge is 0.494 e. The summed E-state index contributed by atoms with van der Waals surface area (Å²) < 4.78 is 11.5. The van der Waals surface area contributed by atoms with Crippen LogP contribution < -0.4 is 9.47 Å². The summed E-state index contributed by atoms with van der Waals surface area (Å²) in [4.78, 5) is 21.5. The Balaban J connectivity index is 1.77. The highest BCUT2D eigenvalue weighted by atomic mass is 32.2. The second-order valence-electron chi connectivity index (χ2n) is 7.98. The fourth-order valence-electron chi connectivity index (χ4n) is 3.19. The molecule has 0 unspecified atom stereocenters. The summed E-state index contributed by atoms with van der Waals surface area (Å²) in [6.45, 7) is 1.24. The van der Waals surface area contributed by atoms with Gasteiger partial charge in [-0.3, -0.25) is 9.59 Å². The van der Waals surface area contributed by atoms with Gasteiger partial charge in [-0.2, -0.15) is 11.8 Å². The Kier molecular flexibility index (Phi) is 13.4. The highest BCUT2D eigenvalue weighted by Crippen LogP contribution is 2.23. The number of carboxylic acids is 2. The van der Waals surface area contributed by atoms with Gasteiger partial charge in [0.05, 0.1) is 25.7 Å². The molecule has 2 atom stereocenters. The van der Waals surface area contributed by atoms with Gasteiger partial charge >= 0.3 is 11.9 Å². The molecule has 2 aromatic carbocycles. The molecule has 0 aliphatic rings. The van der Waals surface area contributed by atoms with Crippen molar-refractivity contribution in [1.82, 2.24) is 0 Å². The number of benzene rings is 2. The molecule has 0 spiro atoms. The molecule has 0 heterocycles. The van der Waals surface area contributed by atoms with Gasteiger partial charge in [0.25, 0.3) is 0 Å². The average molecular weight is 503 g/mol. The first-order valence-electron chi connectivity index (χ1n) is 11.8. The van der Waals surface area contributed by atoms with Gasteiger partial charge in [0.1, 0.15) is 11.5 Å². The Hall–Kier alpha value is -2.97. The quantitative estimate of drug-likeness (QED) is 0.241. The van der Waals surface area contributed by atoms with Crippen molar-refractivity contribution < 1.29 is 34.4 Å². The molecule has 190 valence electrons. The van der Waals surface area contributed by atoms with Crippen molar-refractivity contribution in [1.29, 1.82) is 0 Å². The summed E-state index contributed by atoms with van der Waals surface area (Å²) in [5.41, 5.74) is 0.926. The molecule has 0 aliphatic heterocycles. The number of carbonyl (C=O) groups is 2. The van der Waals surface area contributed by atoms with Gasteiger partial charge in [-0.05, 0) is 55.5 Å². The van der Waals surface area contributed by atoms with Gasteiger partial charge in [-0.25, -0.2) is 0 Å². The molecule has 35 heavy (non-hydrogen) atoms. The number of thioether (sulfide) groups is 1. The predicted molar refractivity (Wildman–Crippen MR) is 138 cm³/mol. The van der Waals surface area contributed by atoms with Crippen LogP contribution in [0.25, 0.3) is 6.08 Å². The van der Waals surface area contributed by atoms with Crippen LogP contribution >= 0.6 is 11.8 Å². The average Bonchev–Trinajstić information content (AvgIpc) is 2.84. The number of para-hydroxylation sites is 1. The van der Waals surface area contributed by atoms with Crippen molar-refractivity contribution in [3.63, 3.8) is 0 Å². The maximum absolute atomic E-state index is 10.8. The first-order valence-corrected chi connectivity index (χ1v) is 12.8. The number of rotatable bonds is 18. The minimum Gasteiger partial charge on any atom is -0.494 e. The normalized spacial score (nSPS) is 12.8. The first-order chi connectivity index (χ1) is 16.9. The number of aliphatic hydroxyl groups is 1. The molecule has 3 N–H and O–H groups in total. The summed E-state index contributed by atoms with van der Waals surface area (Å²) in [6.07, 6.45) is 5.45. The van der Waals surface area contributed by atoms with Crippen LogP contribution in [0.4, 0.5) is 0 Å². The van der Waals surface area contributed by atoms with Gasteiger partial charge in [-0.15, -0.1) is 0 Å². The standard InChI is InChI=1S/C27H34O7S/c28-24(9-6-10-26(29)30)25(35-20-17-27(31)32)16-13-21-11-14-23(15-12-21)34-19-5-4-18-33-22-7-2-1-3-8-22/h1-3,7-8,11-16,24-25,28H,4-6,9-10,17-20H2,(H,29,30)(H,31,32)/b16-13-/t24-,25+/m0/s1. The number of ether oxygens (including phenoxy) is 2. The van der Waals surface area contributed by atoms with Crippen molar-refractivity contribution in [3.05, 3.63) is 66.2 Å². The van der Waals surface area contributed by atoms with E-state index in [1.165, 1.54) is 11.8 Å². The lowest BCUT2D eigenvalue weighted by molar-refractivity contribution is -0.137. The zero-order chi connectivity index (χ0) is 25.3.